The number of carbonyl (C=O) groups is 2. The maximum absolute atomic E-state index is 12.7. The van der Waals surface area contributed by atoms with Gasteiger partial charge in [-0.3, -0.25) is 4.79 Å². The Kier molecular flexibility index (Phi) is 7.71. The van der Waals surface area contributed by atoms with Gasteiger partial charge < -0.3 is 14.6 Å². The first-order valence-corrected chi connectivity index (χ1v) is 12.0. The summed E-state index contributed by atoms with van der Waals surface area (Å²) in [6.45, 7) is 8.50. The molecule has 0 fully saturated rings. The van der Waals surface area contributed by atoms with Gasteiger partial charge in [0.25, 0.3) is 0 Å². The van der Waals surface area contributed by atoms with E-state index in [4.69, 9.17) is 4.74 Å². The Morgan fingerprint density at radius 3 is 2.77 bits per heavy atom. The summed E-state index contributed by atoms with van der Waals surface area (Å²) >= 11 is 2.83. The van der Waals surface area contributed by atoms with Crippen molar-refractivity contribution in [3.8, 4) is 0 Å². The normalized spacial score (nSPS) is 13.6. The van der Waals surface area contributed by atoms with Crippen LogP contribution in [0.1, 0.15) is 65.7 Å². The number of methoxy groups -OCH3 is 1. The quantitative estimate of drug-likeness (QED) is 0.278. The summed E-state index contributed by atoms with van der Waals surface area (Å²) in [4.78, 5) is 26.3. The van der Waals surface area contributed by atoms with Gasteiger partial charge in [0.15, 0.2) is 5.16 Å². The second kappa shape index (κ2) is 10.3. The molecule has 1 aliphatic rings. The lowest BCUT2D eigenvalue weighted by molar-refractivity contribution is -0.113. The molecule has 0 aromatic carbocycles. The highest BCUT2D eigenvalue weighted by molar-refractivity contribution is 7.99. The molecule has 0 unspecified atom stereocenters. The predicted octanol–water partition coefficient (Wildman–Crippen LogP) is 4.44. The molecular formula is C21H28N4O3S2. The van der Waals surface area contributed by atoms with Crippen molar-refractivity contribution in [3.05, 3.63) is 34.5 Å². The Bertz CT molecular complexity index is 933. The molecule has 3 rings (SSSR count). The molecule has 2 aromatic heterocycles. The lowest BCUT2D eigenvalue weighted by Crippen LogP contribution is -2.17. The third-order valence-electron chi connectivity index (χ3n) is 4.97. The molecule has 1 aliphatic carbocycles. The summed E-state index contributed by atoms with van der Waals surface area (Å²) in [7, 11) is 1.38. The van der Waals surface area contributed by atoms with Gasteiger partial charge in [0.05, 0.1) is 18.4 Å². The van der Waals surface area contributed by atoms with Crippen molar-refractivity contribution in [1.29, 1.82) is 0 Å². The SMILES string of the molecule is C=CCn1c(SCC(=O)Nc2sc3c(c2C(=O)OC)CCCCC3)nnc1C(C)C. The number of aryl methyl sites for hydroxylation is 1. The zero-order chi connectivity index (χ0) is 21.7. The number of rotatable bonds is 8. The lowest BCUT2D eigenvalue weighted by Gasteiger charge is -2.10. The Balaban J connectivity index is 1.74. The molecule has 0 saturated heterocycles. The van der Waals surface area contributed by atoms with E-state index in [-0.39, 0.29) is 23.5 Å². The number of thioether (sulfide) groups is 1. The summed E-state index contributed by atoms with van der Waals surface area (Å²) < 4.78 is 6.98. The van der Waals surface area contributed by atoms with Crippen LogP contribution in [0, 0.1) is 0 Å². The van der Waals surface area contributed by atoms with Gasteiger partial charge in [-0.1, -0.05) is 38.1 Å². The fourth-order valence-electron chi connectivity index (χ4n) is 3.58. The van der Waals surface area contributed by atoms with Crippen LogP contribution in [-0.2, 0) is 28.9 Å². The van der Waals surface area contributed by atoms with E-state index in [1.54, 1.807) is 6.08 Å². The maximum atomic E-state index is 12.7. The number of nitrogens with zero attached hydrogens (tertiary/aromatic N) is 3. The number of aromatic nitrogens is 3. The molecule has 0 saturated carbocycles. The molecule has 0 spiro atoms. The lowest BCUT2D eigenvalue weighted by atomic mass is 10.1. The van der Waals surface area contributed by atoms with Gasteiger partial charge in [-0.2, -0.15) is 0 Å². The van der Waals surface area contributed by atoms with Crippen LogP contribution in [0.4, 0.5) is 5.00 Å². The highest BCUT2D eigenvalue weighted by Crippen LogP contribution is 2.38. The number of ether oxygens (including phenoxy) is 1. The van der Waals surface area contributed by atoms with Gasteiger partial charge in [-0.25, -0.2) is 4.79 Å². The van der Waals surface area contributed by atoms with Crippen LogP contribution in [0.25, 0.3) is 0 Å². The number of carbonyl (C=O) groups excluding carboxylic acids is 2. The summed E-state index contributed by atoms with van der Waals surface area (Å²) in [5.74, 6) is 0.708. The minimum atomic E-state index is -0.385. The highest BCUT2D eigenvalue weighted by atomic mass is 32.2. The van der Waals surface area contributed by atoms with Crippen molar-refractivity contribution in [2.45, 2.75) is 63.6 Å². The molecular weight excluding hydrogens is 420 g/mol. The highest BCUT2D eigenvalue weighted by Gasteiger charge is 2.26. The Labute approximate surface area is 185 Å². The van der Waals surface area contributed by atoms with E-state index in [1.807, 2.05) is 4.57 Å². The number of allylic oxidation sites excluding steroid dienone is 1. The largest absolute Gasteiger partial charge is 0.465 e. The monoisotopic (exact) mass is 448 g/mol. The molecule has 162 valence electrons. The van der Waals surface area contributed by atoms with E-state index in [1.165, 1.54) is 35.1 Å². The maximum Gasteiger partial charge on any atom is 0.341 e. The first-order valence-electron chi connectivity index (χ1n) is 10.2. The van der Waals surface area contributed by atoms with Crippen LogP contribution in [-0.4, -0.2) is 39.5 Å². The zero-order valence-corrected chi connectivity index (χ0v) is 19.3. The van der Waals surface area contributed by atoms with Crippen LogP contribution in [0.2, 0.25) is 0 Å². The average Bonchev–Trinajstić information content (AvgIpc) is 3.19. The minimum absolute atomic E-state index is 0.177. The Hall–Kier alpha value is -2.13. The number of thiophene rings is 1. The van der Waals surface area contributed by atoms with Crippen molar-refractivity contribution in [3.63, 3.8) is 0 Å². The van der Waals surface area contributed by atoms with E-state index >= 15 is 0 Å². The van der Waals surface area contributed by atoms with Crippen LogP contribution in [0.3, 0.4) is 0 Å². The topological polar surface area (TPSA) is 86.1 Å². The number of fused-ring (bicyclic) bond motifs is 1. The minimum Gasteiger partial charge on any atom is -0.465 e. The van der Waals surface area contributed by atoms with Crippen LogP contribution in [0.5, 0.6) is 0 Å². The van der Waals surface area contributed by atoms with Crippen molar-refractivity contribution in [2.75, 3.05) is 18.2 Å². The summed E-state index contributed by atoms with van der Waals surface area (Å²) in [6, 6.07) is 0. The molecule has 30 heavy (non-hydrogen) atoms. The fraction of sp³-hybridized carbons (Fsp3) is 0.524. The molecule has 1 N–H and O–H groups in total. The van der Waals surface area contributed by atoms with Crippen molar-refractivity contribution < 1.29 is 14.3 Å². The van der Waals surface area contributed by atoms with E-state index in [0.717, 1.165) is 43.5 Å². The van der Waals surface area contributed by atoms with Gasteiger partial charge in [-0.05, 0) is 31.2 Å². The standard InChI is InChI=1S/C21H28N4O3S2/c1-5-11-25-18(13(2)3)23-24-21(25)29-12-16(26)22-19-17(20(27)28-4)14-9-7-6-8-10-15(14)30-19/h5,13H,1,6-12H2,2-4H3,(H,22,26). The molecule has 2 aromatic rings. The molecule has 9 heteroatoms. The van der Waals surface area contributed by atoms with Gasteiger partial charge in [0, 0.05) is 17.3 Å². The van der Waals surface area contributed by atoms with Crippen molar-refractivity contribution in [1.82, 2.24) is 14.8 Å². The van der Waals surface area contributed by atoms with Gasteiger partial charge >= 0.3 is 5.97 Å². The molecule has 1 amide bonds. The predicted molar refractivity (Wildman–Crippen MR) is 121 cm³/mol. The number of nitrogens with one attached hydrogen (secondary N) is 1. The third-order valence-corrected chi connectivity index (χ3v) is 7.14. The number of amides is 1. The zero-order valence-electron chi connectivity index (χ0n) is 17.7. The molecule has 0 bridgehead atoms. The molecule has 0 atom stereocenters. The van der Waals surface area contributed by atoms with Crippen LogP contribution >= 0.6 is 23.1 Å². The second-order valence-corrected chi connectivity index (χ2v) is 9.54. The average molecular weight is 449 g/mol. The number of esters is 1. The first-order chi connectivity index (χ1) is 14.5. The number of hydrogen-bond acceptors (Lipinski definition) is 7. The molecule has 0 radical (unpaired) electrons. The van der Waals surface area contributed by atoms with E-state index in [9.17, 15) is 9.59 Å². The van der Waals surface area contributed by atoms with Gasteiger partial charge in [0.2, 0.25) is 5.91 Å². The van der Waals surface area contributed by atoms with Crippen molar-refractivity contribution >= 4 is 40.0 Å². The Morgan fingerprint density at radius 1 is 1.30 bits per heavy atom. The van der Waals surface area contributed by atoms with Crippen LogP contribution in [0.15, 0.2) is 17.8 Å². The van der Waals surface area contributed by atoms with E-state index in [0.29, 0.717) is 22.3 Å². The van der Waals surface area contributed by atoms with Crippen molar-refractivity contribution in [2.24, 2.45) is 0 Å². The number of anilines is 1. The van der Waals surface area contributed by atoms with Gasteiger partial charge in [-0.15, -0.1) is 28.1 Å². The molecule has 7 nitrogen and oxygen atoms in total. The summed E-state index contributed by atoms with van der Waals surface area (Å²) in [6.07, 6.45) is 6.90. The van der Waals surface area contributed by atoms with Gasteiger partial charge in [0.1, 0.15) is 10.8 Å². The summed E-state index contributed by atoms with van der Waals surface area (Å²) in [5.41, 5.74) is 1.56. The molecule has 0 aliphatic heterocycles. The van der Waals surface area contributed by atoms with E-state index in [2.05, 4.69) is 35.9 Å². The first kappa shape index (κ1) is 22.6. The van der Waals surface area contributed by atoms with E-state index < -0.39 is 0 Å². The Morgan fingerprint density at radius 2 is 2.07 bits per heavy atom. The van der Waals surface area contributed by atoms with Crippen LogP contribution < -0.4 is 5.32 Å². The third kappa shape index (κ3) is 4.95. The summed E-state index contributed by atoms with van der Waals surface area (Å²) in [5, 5.41) is 12.7. The second-order valence-electron chi connectivity index (χ2n) is 7.49. The number of hydrogen-bond donors (Lipinski definition) is 1. The fourth-order valence-corrected chi connectivity index (χ4v) is 5.62. The molecule has 2 heterocycles. The smallest absolute Gasteiger partial charge is 0.341 e.